The number of hydrogen-bond acceptors (Lipinski definition) is 2. The minimum atomic E-state index is 0.223. The minimum absolute atomic E-state index is 0.223. The SMILES string of the molecule is CCn1cc(CC(=O)N2CCC(OCc3ccccc3)CC2)c2ccccc21. The van der Waals surface area contributed by atoms with Crippen LogP contribution in [-0.2, 0) is 29.1 Å². The number of aromatic nitrogens is 1. The van der Waals surface area contributed by atoms with Crippen molar-refractivity contribution in [1.82, 2.24) is 9.47 Å². The highest BCUT2D eigenvalue weighted by molar-refractivity contribution is 5.89. The van der Waals surface area contributed by atoms with Gasteiger partial charge < -0.3 is 14.2 Å². The maximum absolute atomic E-state index is 12.9. The first-order valence-corrected chi connectivity index (χ1v) is 10.2. The van der Waals surface area contributed by atoms with Crippen LogP contribution in [0.15, 0.2) is 60.8 Å². The Morgan fingerprint density at radius 3 is 2.50 bits per heavy atom. The Balaban J connectivity index is 1.32. The Hall–Kier alpha value is -2.59. The molecule has 4 nitrogen and oxygen atoms in total. The lowest BCUT2D eigenvalue weighted by atomic mass is 10.1. The van der Waals surface area contributed by atoms with Gasteiger partial charge in [-0.15, -0.1) is 0 Å². The molecule has 0 spiro atoms. The molecule has 146 valence electrons. The lowest BCUT2D eigenvalue weighted by Gasteiger charge is -2.32. The molecule has 3 aromatic rings. The molecule has 28 heavy (non-hydrogen) atoms. The molecule has 0 saturated carbocycles. The lowest BCUT2D eigenvalue weighted by Crippen LogP contribution is -2.41. The van der Waals surface area contributed by atoms with E-state index in [1.165, 1.54) is 16.5 Å². The maximum atomic E-state index is 12.9. The fourth-order valence-electron chi connectivity index (χ4n) is 4.06. The van der Waals surface area contributed by atoms with E-state index < -0.39 is 0 Å². The molecule has 0 atom stereocenters. The van der Waals surface area contributed by atoms with Crippen LogP contribution in [0.4, 0.5) is 0 Å². The molecule has 0 N–H and O–H groups in total. The van der Waals surface area contributed by atoms with Crippen molar-refractivity contribution >= 4 is 16.8 Å². The number of piperidine rings is 1. The third-order valence-corrected chi connectivity index (χ3v) is 5.68. The highest BCUT2D eigenvalue weighted by Gasteiger charge is 2.24. The number of nitrogens with zero attached hydrogens (tertiary/aromatic N) is 2. The topological polar surface area (TPSA) is 34.5 Å². The molecule has 1 saturated heterocycles. The first-order valence-electron chi connectivity index (χ1n) is 10.2. The van der Waals surface area contributed by atoms with Gasteiger partial charge in [-0.3, -0.25) is 4.79 Å². The Kier molecular flexibility index (Phi) is 5.77. The van der Waals surface area contributed by atoms with E-state index in [9.17, 15) is 4.79 Å². The van der Waals surface area contributed by atoms with Gasteiger partial charge in [0.1, 0.15) is 0 Å². The van der Waals surface area contributed by atoms with E-state index in [1.54, 1.807) is 0 Å². The lowest BCUT2D eigenvalue weighted by molar-refractivity contribution is -0.133. The molecule has 1 fully saturated rings. The molecule has 4 heteroatoms. The summed E-state index contributed by atoms with van der Waals surface area (Å²) >= 11 is 0. The Morgan fingerprint density at radius 1 is 1.04 bits per heavy atom. The normalized spacial score (nSPS) is 15.2. The summed E-state index contributed by atoms with van der Waals surface area (Å²) in [6.45, 7) is 5.27. The molecule has 2 aromatic carbocycles. The van der Waals surface area contributed by atoms with Crippen molar-refractivity contribution in [2.45, 2.75) is 45.4 Å². The minimum Gasteiger partial charge on any atom is -0.373 e. The zero-order valence-electron chi connectivity index (χ0n) is 16.5. The number of rotatable bonds is 6. The van der Waals surface area contributed by atoms with Gasteiger partial charge in [0.2, 0.25) is 5.91 Å². The summed E-state index contributed by atoms with van der Waals surface area (Å²) in [5.41, 5.74) is 3.54. The van der Waals surface area contributed by atoms with E-state index in [0.29, 0.717) is 13.0 Å². The number of carbonyl (C=O) groups is 1. The first kappa shape index (κ1) is 18.8. The molecule has 1 aliphatic heterocycles. The van der Waals surface area contributed by atoms with Gasteiger partial charge in [0.05, 0.1) is 19.1 Å². The molecule has 1 aliphatic rings. The van der Waals surface area contributed by atoms with Crippen molar-refractivity contribution < 1.29 is 9.53 Å². The van der Waals surface area contributed by atoms with Crippen molar-refractivity contribution in [3.05, 3.63) is 71.9 Å². The number of fused-ring (bicyclic) bond motifs is 1. The third-order valence-electron chi connectivity index (χ3n) is 5.68. The highest BCUT2D eigenvalue weighted by Crippen LogP contribution is 2.23. The average Bonchev–Trinajstić information content (AvgIpc) is 3.11. The van der Waals surface area contributed by atoms with Gasteiger partial charge >= 0.3 is 0 Å². The number of carbonyl (C=O) groups excluding carboxylic acids is 1. The molecule has 1 aromatic heterocycles. The van der Waals surface area contributed by atoms with Gasteiger partial charge in [-0.05, 0) is 37.0 Å². The molecule has 0 aliphatic carbocycles. The Labute approximate surface area is 166 Å². The second-order valence-corrected chi connectivity index (χ2v) is 7.51. The molecular weight excluding hydrogens is 348 g/mol. The van der Waals surface area contributed by atoms with Gasteiger partial charge in [0, 0.05) is 36.7 Å². The summed E-state index contributed by atoms with van der Waals surface area (Å²) in [4.78, 5) is 14.9. The first-order chi connectivity index (χ1) is 13.7. The number of likely N-dealkylation sites (tertiary alicyclic amines) is 1. The standard InChI is InChI=1S/C24H28N2O2/c1-2-25-17-20(22-10-6-7-11-23(22)25)16-24(27)26-14-12-21(13-15-26)28-18-19-8-4-3-5-9-19/h3-11,17,21H,2,12-16,18H2,1H3. The zero-order chi connectivity index (χ0) is 19.3. The fraction of sp³-hybridized carbons (Fsp3) is 0.375. The second-order valence-electron chi connectivity index (χ2n) is 7.51. The van der Waals surface area contributed by atoms with Gasteiger partial charge in [-0.1, -0.05) is 48.5 Å². The van der Waals surface area contributed by atoms with Gasteiger partial charge in [0.15, 0.2) is 0 Å². The molecule has 4 rings (SSSR count). The van der Waals surface area contributed by atoms with E-state index in [1.807, 2.05) is 29.2 Å². The molecule has 2 heterocycles. The largest absolute Gasteiger partial charge is 0.373 e. The van der Waals surface area contributed by atoms with E-state index in [0.717, 1.165) is 38.0 Å². The molecule has 0 bridgehead atoms. The van der Waals surface area contributed by atoms with Crippen LogP contribution in [0.2, 0.25) is 0 Å². The van der Waals surface area contributed by atoms with Gasteiger partial charge in [-0.25, -0.2) is 0 Å². The Morgan fingerprint density at radius 2 is 1.75 bits per heavy atom. The number of hydrogen-bond donors (Lipinski definition) is 0. The average molecular weight is 377 g/mol. The van der Waals surface area contributed by atoms with E-state index in [4.69, 9.17) is 4.74 Å². The number of aryl methyl sites for hydroxylation is 1. The van der Waals surface area contributed by atoms with Crippen LogP contribution in [0.3, 0.4) is 0 Å². The van der Waals surface area contributed by atoms with Crippen LogP contribution in [0.5, 0.6) is 0 Å². The highest BCUT2D eigenvalue weighted by atomic mass is 16.5. The van der Waals surface area contributed by atoms with Crippen LogP contribution >= 0.6 is 0 Å². The van der Waals surface area contributed by atoms with Crippen molar-refractivity contribution in [1.29, 1.82) is 0 Å². The Bertz CT molecular complexity index is 924. The third kappa shape index (κ3) is 4.12. The maximum Gasteiger partial charge on any atom is 0.227 e. The molecular formula is C24H28N2O2. The van der Waals surface area contributed by atoms with Crippen LogP contribution in [0.25, 0.3) is 10.9 Å². The number of benzene rings is 2. The van der Waals surface area contributed by atoms with E-state index in [2.05, 4.69) is 48.0 Å². The number of amides is 1. The van der Waals surface area contributed by atoms with Crippen LogP contribution < -0.4 is 0 Å². The monoisotopic (exact) mass is 376 g/mol. The quantitative estimate of drug-likeness (QED) is 0.639. The summed E-state index contributed by atoms with van der Waals surface area (Å²) in [5, 5.41) is 1.19. The van der Waals surface area contributed by atoms with Crippen molar-refractivity contribution in [3.63, 3.8) is 0 Å². The second kappa shape index (κ2) is 8.61. The molecule has 0 unspecified atom stereocenters. The van der Waals surface area contributed by atoms with Crippen LogP contribution in [0.1, 0.15) is 30.9 Å². The predicted octanol–water partition coefficient (Wildman–Crippen LogP) is 4.41. The number of para-hydroxylation sites is 1. The van der Waals surface area contributed by atoms with Crippen LogP contribution in [0, 0.1) is 0 Å². The summed E-state index contributed by atoms with van der Waals surface area (Å²) in [6, 6.07) is 18.6. The van der Waals surface area contributed by atoms with Gasteiger partial charge in [-0.2, -0.15) is 0 Å². The molecule has 0 radical (unpaired) electrons. The zero-order valence-corrected chi connectivity index (χ0v) is 16.5. The van der Waals surface area contributed by atoms with Gasteiger partial charge in [0.25, 0.3) is 0 Å². The van der Waals surface area contributed by atoms with Crippen molar-refractivity contribution in [2.24, 2.45) is 0 Å². The van der Waals surface area contributed by atoms with E-state index in [-0.39, 0.29) is 12.0 Å². The predicted molar refractivity (Wildman–Crippen MR) is 112 cm³/mol. The van der Waals surface area contributed by atoms with E-state index >= 15 is 0 Å². The molecule has 1 amide bonds. The fourth-order valence-corrected chi connectivity index (χ4v) is 4.06. The number of ether oxygens (including phenoxy) is 1. The summed E-state index contributed by atoms with van der Waals surface area (Å²) in [6.07, 6.45) is 4.68. The van der Waals surface area contributed by atoms with Crippen LogP contribution in [-0.4, -0.2) is 34.6 Å². The van der Waals surface area contributed by atoms with Crippen molar-refractivity contribution in [3.8, 4) is 0 Å². The summed E-state index contributed by atoms with van der Waals surface area (Å²) < 4.78 is 8.27. The smallest absolute Gasteiger partial charge is 0.227 e. The summed E-state index contributed by atoms with van der Waals surface area (Å²) in [5.74, 6) is 0.223. The summed E-state index contributed by atoms with van der Waals surface area (Å²) in [7, 11) is 0. The van der Waals surface area contributed by atoms with Crippen molar-refractivity contribution in [2.75, 3.05) is 13.1 Å².